The number of carbonyl (C=O) groups excluding carboxylic acids is 1. The lowest BCUT2D eigenvalue weighted by molar-refractivity contribution is 0.112. The Bertz CT molecular complexity index is 580. The van der Waals surface area contributed by atoms with Gasteiger partial charge in [-0.15, -0.1) is 0 Å². The SMILES string of the molecule is C/C(=C\c1ccc(C)cc1C=O)c1ccccc1. The lowest BCUT2D eigenvalue weighted by Crippen LogP contribution is -1.88. The third-order valence-electron chi connectivity index (χ3n) is 2.97. The zero-order chi connectivity index (χ0) is 13.0. The van der Waals surface area contributed by atoms with Gasteiger partial charge in [0.05, 0.1) is 0 Å². The maximum absolute atomic E-state index is 11.1. The zero-order valence-corrected chi connectivity index (χ0v) is 10.7. The van der Waals surface area contributed by atoms with E-state index in [1.807, 2.05) is 43.3 Å². The van der Waals surface area contributed by atoms with Crippen LogP contribution in [0.3, 0.4) is 0 Å². The highest BCUT2D eigenvalue weighted by Gasteiger charge is 2.01. The fourth-order valence-corrected chi connectivity index (χ4v) is 1.95. The fourth-order valence-electron chi connectivity index (χ4n) is 1.95. The van der Waals surface area contributed by atoms with E-state index in [9.17, 15) is 4.79 Å². The molecule has 0 unspecified atom stereocenters. The summed E-state index contributed by atoms with van der Waals surface area (Å²) in [7, 11) is 0. The molecule has 90 valence electrons. The van der Waals surface area contributed by atoms with E-state index in [4.69, 9.17) is 0 Å². The molecule has 2 rings (SSSR count). The van der Waals surface area contributed by atoms with Gasteiger partial charge >= 0.3 is 0 Å². The molecular formula is C17H16O. The van der Waals surface area contributed by atoms with Gasteiger partial charge in [0, 0.05) is 5.56 Å². The molecule has 0 heterocycles. The van der Waals surface area contributed by atoms with Crippen molar-refractivity contribution in [3.63, 3.8) is 0 Å². The predicted octanol–water partition coefficient (Wildman–Crippen LogP) is 4.37. The van der Waals surface area contributed by atoms with Crippen LogP contribution in [-0.4, -0.2) is 6.29 Å². The van der Waals surface area contributed by atoms with Crippen molar-refractivity contribution < 1.29 is 4.79 Å². The normalized spacial score (nSPS) is 11.3. The van der Waals surface area contributed by atoms with Crippen LogP contribution < -0.4 is 0 Å². The minimum Gasteiger partial charge on any atom is -0.298 e. The summed E-state index contributed by atoms with van der Waals surface area (Å²) in [6.07, 6.45) is 2.97. The van der Waals surface area contributed by atoms with Gasteiger partial charge in [-0.05, 0) is 36.6 Å². The van der Waals surface area contributed by atoms with E-state index in [-0.39, 0.29) is 0 Å². The van der Waals surface area contributed by atoms with Crippen molar-refractivity contribution in [1.29, 1.82) is 0 Å². The minimum atomic E-state index is 0.741. The quantitative estimate of drug-likeness (QED) is 0.571. The summed E-state index contributed by atoms with van der Waals surface area (Å²) in [5.41, 5.74) is 5.14. The van der Waals surface area contributed by atoms with Crippen LogP contribution in [0.15, 0.2) is 48.5 Å². The van der Waals surface area contributed by atoms with Gasteiger partial charge in [-0.2, -0.15) is 0 Å². The third kappa shape index (κ3) is 2.75. The Balaban J connectivity index is 2.42. The van der Waals surface area contributed by atoms with E-state index in [1.165, 1.54) is 5.56 Å². The first-order valence-corrected chi connectivity index (χ1v) is 6.00. The predicted molar refractivity (Wildman–Crippen MR) is 76.6 cm³/mol. The van der Waals surface area contributed by atoms with E-state index < -0.39 is 0 Å². The van der Waals surface area contributed by atoms with Crippen molar-refractivity contribution >= 4 is 17.9 Å². The standard InChI is InChI=1S/C17H16O/c1-13-8-9-16(17(10-13)12-18)11-14(2)15-6-4-3-5-7-15/h3-12H,1-2H3/b14-11+. The molecule has 1 heteroatoms. The van der Waals surface area contributed by atoms with Gasteiger partial charge in [-0.3, -0.25) is 4.79 Å². The van der Waals surface area contributed by atoms with Crippen molar-refractivity contribution in [2.75, 3.05) is 0 Å². The smallest absolute Gasteiger partial charge is 0.150 e. The van der Waals surface area contributed by atoms with E-state index in [2.05, 4.69) is 25.1 Å². The molecule has 0 spiro atoms. The molecule has 0 aliphatic carbocycles. The van der Waals surface area contributed by atoms with E-state index in [1.54, 1.807) is 0 Å². The lowest BCUT2D eigenvalue weighted by atomic mass is 10.0. The molecule has 0 fully saturated rings. The van der Waals surface area contributed by atoms with Gasteiger partial charge in [-0.1, -0.05) is 54.1 Å². The van der Waals surface area contributed by atoms with Crippen molar-refractivity contribution in [3.8, 4) is 0 Å². The first-order valence-electron chi connectivity index (χ1n) is 6.00. The number of aldehydes is 1. The molecule has 0 bridgehead atoms. The topological polar surface area (TPSA) is 17.1 Å². The van der Waals surface area contributed by atoms with E-state index in [0.717, 1.165) is 28.5 Å². The molecular weight excluding hydrogens is 220 g/mol. The van der Waals surface area contributed by atoms with Crippen LogP contribution >= 0.6 is 0 Å². The summed E-state index contributed by atoms with van der Waals surface area (Å²) in [5, 5.41) is 0. The Hall–Kier alpha value is -2.15. The average Bonchev–Trinajstić information content (AvgIpc) is 2.41. The van der Waals surface area contributed by atoms with E-state index >= 15 is 0 Å². The summed E-state index contributed by atoms with van der Waals surface area (Å²) in [6.45, 7) is 4.05. The van der Waals surface area contributed by atoms with Gasteiger partial charge in [0.2, 0.25) is 0 Å². The highest BCUT2D eigenvalue weighted by atomic mass is 16.1. The maximum atomic E-state index is 11.1. The van der Waals surface area contributed by atoms with Crippen molar-refractivity contribution in [1.82, 2.24) is 0 Å². The number of allylic oxidation sites excluding steroid dienone is 1. The number of hydrogen-bond acceptors (Lipinski definition) is 1. The van der Waals surface area contributed by atoms with Crippen LogP contribution in [0.5, 0.6) is 0 Å². The van der Waals surface area contributed by atoms with Gasteiger partial charge in [0.1, 0.15) is 0 Å². The summed E-state index contributed by atoms with van der Waals surface area (Å²) in [4.78, 5) is 11.1. The summed E-state index contributed by atoms with van der Waals surface area (Å²) >= 11 is 0. The Kier molecular flexibility index (Phi) is 3.73. The molecule has 0 aliphatic rings. The van der Waals surface area contributed by atoms with Crippen LogP contribution in [0.2, 0.25) is 0 Å². The van der Waals surface area contributed by atoms with E-state index in [0.29, 0.717) is 0 Å². The van der Waals surface area contributed by atoms with Crippen LogP contribution in [0.4, 0.5) is 0 Å². The molecule has 2 aromatic rings. The van der Waals surface area contributed by atoms with Crippen molar-refractivity contribution in [2.45, 2.75) is 13.8 Å². The van der Waals surface area contributed by atoms with Crippen LogP contribution in [0, 0.1) is 6.92 Å². The van der Waals surface area contributed by atoms with Gasteiger partial charge in [-0.25, -0.2) is 0 Å². The van der Waals surface area contributed by atoms with Crippen LogP contribution in [-0.2, 0) is 0 Å². The Morgan fingerprint density at radius 2 is 1.72 bits per heavy atom. The highest BCUT2D eigenvalue weighted by molar-refractivity contribution is 5.88. The number of hydrogen-bond donors (Lipinski definition) is 0. The summed E-state index contributed by atoms with van der Waals surface area (Å²) in [5.74, 6) is 0. The van der Waals surface area contributed by atoms with Crippen molar-refractivity contribution in [3.05, 3.63) is 70.8 Å². The molecule has 18 heavy (non-hydrogen) atoms. The molecule has 2 aromatic carbocycles. The molecule has 0 amide bonds. The van der Waals surface area contributed by atoms with Gasteiger partial charge < -0.3 is 0 Å². The Labute approximate surface area is 108 Å². The third-order valence-corrected chi connectivity index (χ3v) is 2.97. The molecule has 0 aromatic heterocycles. The molecule has 0 atom stereocenters. The highest BCUT2D eigenvalue weighted by Crippen LogP contribution is 2.19. The molecule has 0 saturated heterocycles. The van der Waals surface area contributed by atoms with Gasteiger partial charge in [0.15, 0.2) is 6.29 Å². The number of benzene rings is 2. The lowest BCUT2D eigenvalue weighted by Gasteiger charge is -2.04. The Morgan fingerprint density at radius 3 is 2.39 bits per heavy atom. The second kappa shape index (κ2) is 5.46. The number of carbonyl (C=O) groups is 1. The number of aryl methyl sites for hydroxylation is 1. The summed E-state index contributed by atoms with van der Waals surface area (Å²) < 4.78 is 0. The fraction of sp³-hybridized carbons (Fsp3) is 0.118. The summed E-state index contributed by atoms with van der Waals surface area (Å²) in [6, 6.07) is 16.1. The molecule has 0 saturated carbocycles. The molecule has 0 radical (unpaired) electrons. The Morgan fingerprint density at radius 1 is 1.00 bits per heavy atom. The second-order valence-corrected chi connectivity index (χ2v) is 4.44. The largest absolute Gasteiger partial charge is 0.298 e. The average molecular weight is 236 g/mol. The molecule has 0 N–H and O–H groups in total. The molecule has 0 aliphatic heterocycles. The minimum absolute atomic E-state index is 0.741. The van der Waals surface area contributed by atoms with Crippen LogP contribution in [0.25, 0.3) is 11.6 Å². The maximum Gasteiger partial charge on any atom is 0.150 e. The monoisotopic (exact) mass is 236 g/mol. The zero-order valence-electron chi connectivity index (χ0n) is 10.7. The van der Waals surface area contributed by atoms with Crippen LogP contribution in [0.1, 0.15) is 34.0 Å². The first kappa shape index (κ1) is 12.3. The van der Waals surface area contributed by atoms with Gasteiger partial charge in [0.25, 0.3) is 0 Å². The number of rotatable bonds is 3. The molecule has 1 nitrogen and oxygen atoms in total. The van der Waals surface area contributed by atoms with Crippen molar-refractivity contribution in [2.24, 2.45) is 0 Å². The second-order valence-electron chi connectivity index (χ2n) is 4.44. The first-order chi connectivity index (χ1) is 8.70.